The molecule has 0 aromatic heterocycles. The fourth-order valence-corrected chi connectivity index (χ4v) is 1.68. The van der Waals surface area contributed by atoms with Crippen molar-refractivity contribution in [3.05, 3.63) is 24.3 Å². The van der Waals surface area contributed by atoms with Crippen molar-refractivity contribution in [2.75, 3.05) is 18.5 Å². The van der Waals surface area contributed by atoms with Gasteiger partial charge in [-0.15, -0.1) is 13.2 Å². The van der Waals surface area contributed by atoms with Gasteiger partial charge in [0.2, 0.25) is 0 Å². The largest absolute Gasteiger partial charge is 0.573 e. The molecular formula is C11H12F3NO3. The quantitative estimate of drug-likeness (QED) is 0.872. The molecule has 1 heterocycles. The summed E-state index contributed by atoms with van der Waals surface area (Å²) in [5.74, 6) is -0.305. The summed E-state index contributed by atoms with van der Waals surface area (Å²) in [4.78, 5) is 0. The number of rotatable bonds is 3. The number of ether oxygens (including phenoxy) is 2. The van der Waals surface area contributed by atoms with Crippen molar-refractivity contribution >= 4 is 5.69 Å². The van der Waals surface area contributed by atoms with Gasteiger partial charge in [0.05, 0.1) is 25.4 Å². The number of hydrogen-bond donors (Lipinski definition) is 2. The van der Waals surface area contributed by atoms with Gasteiger partial charge < -0.3 is 19.9 Å². The van der Waals surface area contributed by atoms with Crippen LogP contribution >= 0.6 is 0 Å². The zero-order valence-corrected chi connectivity index (χ0v) is 9.28. The molecule has 1 aliphatic heterocycles. The zero-order valence-electron chi connectivity index (χ0n) is 9.28. The molecule has 0 amide bonds. The number of halogens is 3. The first-order chi connectivity index (χ1) is 8.44. The van der Waals surface area contributed by atoms with Crippen LogP contribution in [-0.2, 0) is 4.74 Å². The SMILES string of the molecule is OC1COCC1Nc1cccc(OC(F)(F)F)c1. The fourth-order valence-electron chi connectivity index (χ4n) is 1.68. The molecule has 7 heteroatoms. The normalized spacial score (nSPS) is 24.0. The Bertz CT molecular complexity index is 411. The Morgan fingerprint density at radius 2 is 2.11 bits per heavy atom. The Labute approximate surface area is 101 Å². The average molecular weight is 263 g/mol. The molecule has 0 saturated carbocycles. The van der Waals surface area contributed by atoms with E-state index in [4.69, 9.17) is 4.74 Å². The standard InChI is InChI=1S/C11H12F3NO3/c12-11(13,14)18-8-3-1-2-7(4-8)15-9-5-17-6-10(9)16/h1-4,9-10,15-16H,5-6H2. The van der Waals surface area contributed by atoms with Gasteiger partial charge in [0.25, 0.3) is 0 Å². The van der Waals surface area contributed by atoms with Crippen LogP contribution in [0.3, 0.4) is 0 Å². The molecule has 1 aromatic carbocycles. The summed E-state index contributed by atoms with van der Waals surface area (Å²) < 4.78 is 44.9. The van der Waals surface area contributed by atoms with Crippen LogP contribution in [0.4, 0.5) is 18.9 Å². The predicted octanol–water partition coefficient (Wildman–Crippen LogP) is 1.76. The van der Waals surface area contributed by atoms with Crippen molar-refractivity contribution in [2.45, 2.75) is 18.5 Å². The summed E-state index contributed by atoms with van der Waals surface area (Å²) in [7, 11) is 0. The Balaban J connectivity index is 2.03. The lowest BCUT2D eigenvalue weighted by Crippen LogP contribution is -2.31. The smallest absolute Gasteiger partial charge is 0.406 e. The lowest BCUT2D eigenvalue weighted by atomic mass is 10.2. The molecule has 1 aliphatic rings. The number of alkyl halides is 3. The van der Waals surface area contributed by atoms with Gasteiger partial charge in [-0.3, -0.25) is 0 Å². The van der Waals surface area contributed by atoms with Crippen LogP contribution in [0.5, 0.6) is 5.75 Å². The van der Waals surface area contributed by atoms with E-state index in [2.05, 4.69) is 10.1 Å². The summed E-state index contributed by atoms with van der Waals surface area (Å²) in [6.45, 7) is 0.530. The van der Waals surface area contributed by atoms with E-state index in [-0.39, 0.29) is 18.4 Å². The molecule has 2 unspecified atom stereocenters. The lowest BCUT2D eigenvalue weighted by Gasteiger charge is -2.17. The zero-order chi connectivity index (χ0) is 13.2. The molecule has 1 fully saturated rings. The van der Waals surface area contributed by atoms with Crippen LogP contribution in [0.15, 0.2) is 24.3 Å². The third kappa shape index (κ3) is 3.51. The maximum atomic E-state index is 12.0. The van der Waals surface area contributed by atoms with E-state index < -0.39 is 12.5 Å². The molecule has 100 valence electrons. The number of aliphatic hydroxyl groups excluding tert-OH is 1. The van der Waals surface area contributed by atoms with Crippen LogP contribution < -0.4 is 10.1 Å². The van der Waals surface area contributed by atoms with E-state index >= 15 is 0 Å². The van der Waals surface area contributed by atoms with E-state index in [1.165, 1.54) is 18.2 Å². The van der Waals surface area contributed by atoms with E-state index in [9.17, 15) is 18.3 Å². The van der Waals surface area contributed by atoms with Crippen molar-refractivity contribution in [1.82, 2.24) is 0 Å². The molecular weight excluding hydrogens is 251 g/mol. The fraction of sp³-hybridized carbons (Fsp3) is 0.455. The second kappa shape index (κ2) is 5.03. The van der Waals surface area contributed by atoms with Gasteiger partial charge in [-0.05, 0) is 12.1 Å². The molecule has 0 bridgehead atoms. The molecule has 0 spiro atoms. The van der Waals surface area contributed by atoms with Gasteiger partial charge in [-0.1, -0.05) is 6.07 Å². The highest BCUT2D eigenvalue weighted by atomic mass is 19.4. The van der Waals surface area contributed by atoms with E-state index in [0.717, 1.165) is 0 Å². The van der Waals surface area contributed by atoms with Gasteiger partial charge in [-0.25, -0.2) is 0 Å². The van der Waals surface area contributed by atoms with Crippen molar-refractivity contribution in [3.63, 3.8) is 0 Å². The molecule has 1 saturated heterocycles. The number of nitrogens with one attached hydrogen (secondary N) is 1. The van der Waals surface area contributed by atoms with Crippen molar-refractivity contribution in [1.29, 1.82) is 0 Å². The van der Waals surface area contributed by atoms with Crippen LogP contribution in [-0.4, -0.2) is 36.8 Å². The van der Waals surface area contributed by atoms with Crippen LogP contribution in [0.25, 0.3) is 0 Å². The molecule has 0 radical (unpaired) electrons. The summed E-state index contributed by atoms with van der Waals surface area (Å²) >= 11 is 0. The van der Waals surface area contributed by atoms with Crippen molar-refractivity contribution in [2.24, 2.45) is 0 Å². The number of benzene rings is 1. The average Bonchev–Trinajstić information content (AvgIpc) is 2.62. The molecule has 0 aliphatic carbocycles. The number of hydrogen-bond acceptors (Lipinski definition) is 4. The van der Waals surface area contributed by atoms with E-state index in [1.54, 1.807) is 6.07 Å². The minimum atomic E-state index is -4.71. The lowest BCUT2D eigenvalue weighted by molar-refractivity contribution is -0.274. The molecule has 2 atom stereocenters. The third-order valence-corrected chi connectivity index (χ3v) is 2.47. The summed E-state index contributed by atoms with van der Waals surface area (Å²) in [6, 6.07) is 5.13. The maximum absolute atomic E-state index is 12.0. The summed E-state index contributed by atoms with van der Waals surface area (Å²) in [6.07, 6.45) is -5.38. The van der Waals surface area contributed by atoms with Crippen LogP contribution in [0.2, 0.25) is 0 Å². The van der Waals surface area contributed by atoms with Crippen LogP contribution in [0.1, 0.15) is 0 Å². The highest BCUT2D eigenvalue weighted by molar-refractivity contribution is 5.49. The first-order valence-electron chi connectivity index (χ1n) is 5.32. The van der Waals surface area contributed by atoms with Gasteiger partial charge in [0.1, 0.15) is 5.75 Å². The Hall–Kier alpha value is -1.47. The Morgan fingerprint density at radius 3 is 2.72 bits per heavy atom. The van der Waals surface area contributed by atoms with Gasteiger partial charge >= 0.3 is 6.36 Å². The molecule has 2 N–H and O–H groups in total. The molecule has 2 rings (SSSR count). The highest BCUT2D eigenvalue weighted by Crippen LogP contribution is 2.25. The summed E-state index contributed by atoms with van der Waals surface area (Å²) in [5.41, 5.74) is 0.436. The molecule has 18 heavy (non-hydrogen) atoms. The Morgan fingerprint density at radius 1 is 1.33 bits per heavy atom. The number of anilines is 1. The Kier molecular flexibility index (Phi) is 3.63. The molecule has 1 aromatic rings. The minimum absolute atomic E-state index is 0.219. The van der Waals surface area contributed by atoms with Crippen molar-refractivity contribution in [3.8, 4) is 5.75 Å². The third-order valence-electron chi connectivity index (χ3n) is 2.47. The first-order valence-corrected chi connectivity index (χ1v) is 5.32. The summed E-state index contributed by atoms with van der Waals surface area (Å²) in [5, 5.41) is 12.4. The van der Waals surface area contributed by atoms with Crippen LogP contribution in [0, 0.1) is 0 Å². The van der Waals surface area contributed by atoms with Gasteiger partial charge in [-0.2, -0.15) is 0 Å². The first kappa shape index (κ1) is 13.0. The highest BCUT2D eigenvalue weighted by Gasteiger charge is 2.31. The maximum Gasteiger partial charge on any atom is 0.573 e. The topological polar surface area (TPSA) is 50.7 Å². The van der Waals surface area contributed by atoms with E-state index in [1.807, 2.05) is 0 Å². The monoisotopic (exact) mass is 263 g/mol. The predicted molar refractivity (Wildman–Crippen MR) is 57.4 cm³/mol. The minimum Gasteiger partial charge on any atom is -0.406 e. The second-order valence-electron chi connectivity index (χ2n) is 3.93. The molecule has 4 nitrogen and oxygen atoms in total. The second-order valence-corrected chi connectivity index (χ2v) is 3.93. The van der Waals surface area contributed by atoms with E-state index in [0.29, 0.717) is 12.3 Å². The van der Waals surface area contributed by atoms with Crippen molar-refractivity contribution < 1.29 is 27.8 Å². The van der Waals surface area contributed by atoms with Gasteiger partial charge in [0.15, 0.2) is 0 Å². The number of aliphatic hydroxyl groups is 1. The van der Waals surface area contributed by atoms with Gasteiger partial charge in [0, 0.05) is 11.8 Å².